The molecule has 1 aromatic heterocycles. The van der Waals surface area contributed by atoms with Gasteiger partial charge in [-0.15, -0.1) is 0 Å². The summed E-state index contributed by atoms with van der Waals surface area (Å²) in [5.41, 5.74) is 0.499. The lowest BCUT2D eigenvalue weighted by Gasteiger charge is -2.30. The molecule has 1 atom stereocenters. The van der Waals surface area contributed by atoms with E-state index in [0.717, 1.165) is 5.69 Å². The number of fused-ring (bicyclic) bond motifs is 1. The summed E-state index contributed by atoms with van der Waals surface area (Å²) in [5.74, 6) is 0.353. The van der Waals surface area contributed by atoms with Gasteiger partial charge in [0.15, 0.2) is 5.16 Å². The molecule has 0 saturated heterocycles. The smallest absolute Gasteiger partial charge is 0.254 e. The molecule has 1 aliphatic rings. The summed E-state index contributed by atoms with van der Waals surface area (Å²) in [6.07, 6.45) is 0. The summed E-state index contributed by atoms with van der Waals surface area (Å²) in [7, 11) is 0. The van der Waals surface area contributed by atoms with Crippen LogP contribution in [0.15, 0.2) is 16.0 Å². The molecule has 7 heteroatoms. The van der Waals surface area contributed by atoms with E-state index in [-0.39, 0.29) is 29.4 Å². The molecule has 1 unspecified atom stereocenters. The number of aliphatic hydroxyl groups is 1. The molecule has 0 aliphatic carbocycles. The van der Waals surface area contributed by atoms with Gasteiger partial charge in [-0.25, -0.2) is 4.98 Å². The Morgan fingerprint density at radius 2 is 2.22 bits per heavy atom. The molecule has 128 valence electrons. The number of rotatable bonds is 4. The maximum Gasteiger partial charge on any atom is 0.254 e. The van der Waals surface area contributed by atoms with Crippen molar-refractivity contribution in [2.75, 3.05) is 25.4 Å². The van der Waals surface area contributed by atoms with Crippen LogP contribution in [0.2, 0.25) is 0 Å². The second-order valence-electron chi connectivity index (χ2n) is 6.77. The van der Waals surface area contributed by atoms with Gasteiger partial charge >= 0.3 is 0 Å². The van der Waals surface area contributed by atoms with Crippen LogP contribution in [0.25, 0.3) is 0 Å². The van der Waals surface area contributed by atoms with E-state index in [0.29, 0.717) is 30.5 Å². The monoisotopic (exact) mass is 339 g/mol. The van der Waals surface area contributed by atoms with Gasteiger partial charge in [-0.05, 0) is 6.92 Å². The Bertz CT molecular complexity index is 636. The average Bonchev–Trinajstić information content (AvgIpc) is 2.50. The van der Waals surface area contributed by atoms with Crippen molar-refractivity contribution in [1.82, 2.24) is 14.5 Å². The molecular formula is C16H25N3O3S. The predicted molar refractivity (Wildman–Crippen MR) is 90.8 cm³/mol. The standard InChI is InChI=1S/C16H25N3O3S/c1-5-18(6-7-20)14(22)11-9-19-13(21)8-12(16(2,3)4)17-15(19)23-10-11/h8,11,20H,5-7,9-10H2,1-4H3. The third-order valence-corrected chi connectivity index (χ3v) is 5.11. The summed E-state index contributed by atoms with van der Waals surface area (Å²) in [4.78, 5) is 31.2. The van der Waals surface area contributed by atoms with E-state index in [1.165, 1.54) is 11.8 Å². The Kier molecular flexibility index (Phi) is 5.52. The highest BCUT2D eigenvalue weighted by Gasteiger charge is 2.30. The average molecular weight is 339 g/mol. The largest absolute Gasteiger partial charge is 0.395 e. The molecule has 0 bridgehead atoms. The Morgan fingerprint density at radius 1 is 1.52 bits per heavy atom. The molecule has 1 aliphatic heterocycles. The number of amides is 1. The fourth-order valence-electron chi connectivity index (χ4n) is 2.55. The number of carbonyl (C=O) groups is 1. The lowest BCUT2D eigenvalue weighted by atomic mass is 9.92. The molecule has 0 radical (unpaired) electrons. The third-order valence-electron chi connectivity index (χ3n) is 3.97. The Labute approximate surface area is 140 Å². The molecule has 0 saturated carbocycles. The number of hydrogen-bond donors (Lipinski definition) is 1. The van der Waals surface area contributed by atoms with Crippen LogP contribution in [0.4, 0.5) is 0 Å². The van der Waals surface area contributed by atoms with E-state index in [9.17, 15) is 9.59 Å². The van der Waals surface area contributed by atoms with Crippen molar-refractivity contribution in [2.45, 2.75) is 44.8 Å². The summed E-state index contributed by atoms with van der Waals surface area (Å²) < 4.78 is 1.60. The highest BCUT2D eigenvalue weighted by molar-refractivity contribution is 7.99. The van der Waals surface area contributed by atoms with E-state index in [1.54, 1.807) is 15.5 Å². The summed E-state index contributed by atoms with van der Waals surface area (Å²) in [6.45, 7) is 9.18. The maximum absolute atomic E-state index is 12.5. The van der Waals surface area contributed by atoms with Crippen LogP contribution in [0.1, 0.15) is 33.4 Å². The summed E-state index contributed by atoms with van der Waals surface area (Å²) >= 11 is 1.46. The topological polar surface area (TPSA) is 75.4 Å². The lowest BCUT2D eigenvalue weighted by Crippen LogP contribution is -2.43. The SMILES string of the molecule is CCN(CCO)C(=O)C1CSc2nc(C(C)(C)C)cc(=O)n2C1. The Morgan fingerprint density at radius 3 is 2.78 bits per heavy atom. The van der Waals surface area contributed by atoms with Crippen molar-refractivity contribution in [3.05, 3.63) is 22.1 Å². The number of thioether (sulfide) groups is 1. The van der Waals surface area contributed by atoms with E-state index in [2.05, 4.69) is 4.98 Å². The first-order valence-corrected chi connectivity index (χ1v) is 8.91. The number of carbonyl (C=O) groups excluding carboxylic acids is 1. The van der Waals surface area contributed by atoms with Crippen molar-refractivity contribution in [2.24, 2.45) is 5.92 Å². The second kappa shape index (κ2) is 7.05. The molecule has 0 fully saturated rings. The minimum atomic E-state index is -0.251. The van der Waals surface area contributed by atoms with Gasteiger partial charge < -0.3 is 10.0 Å². The van der Waals surface area contributed by atoms with Crippen molar-refractivity contribution in [3.63, 3.8) is 0 Å². The lowest BCUT2D eigenvalue weighted by molar-refractivity contribution is -0.135. The van der Waals surface area contributed by atoms with Crippen molar-refractivity contribution in [1.29, 1.82) is 0 Å². The zero-order valence-electron chi connectivity index (χ0n) is 14.2. The quantitative estimate of drug-likeness (QED) is 0.832. The zero-order chi connectivity index (χ0) is 17.2. The van der Waals surface area contributed by atoms with Crippen LogP contribution >= 0.6 is 11.8 Å². The summed E-state index contributed by atoms with van der Waals surface area (Å²) in [5, 5.41) is 9.75. The fraction of sp³-hybridized carbons (Fsp3) is 0.688. The molecule has 2 rings (SSSR count). The number of likely N-dealkylation sites (N-methyl/N-ethyl adjacent to an activating group) is 1. The van der Waals surface area contributed by atoms with Gasteiger partial charge in [-0.2, -0.15) is 0 Å². The molecule has 1 aromatic rings. The van der Waals surface area contributed by atoms with Gasteiger partial charge in [-0.1, -0.05) is 32.5 Å². The molecule has 0 aromatic carbocycles. The molecular weight excluding hydrogens is 314 g/mol. The van der Waals surface area contributed by atoms with E-state index in [1.807, 2.05) is 27.7 Å². The number of aliphatic hydroxyl groups excluding tert-OH is 1. The highest BCUT2D eigenvalue weighted by atomic mass is 32.2. The number of hydrogen-bond acceptors (Lipinski definition) is 5. The fourth-order valence-corrected chi connectivity index (χ4v) is 3.63. The first-order chi connectivity index (χ1) is 10.8. The normalized spacial score (nSPS) is 17.7. The third kappa shape index (κ3) is 3.95. The minimum Gasteiger partial charge on any atom is -0.395 e. The number of nitrogens with zero attached hydrogens (tertiary/aromatic N) is 3. The molecule has 1 amide bonds. The van der Waals surface area contributed by atoms with Crippen LogP contribution in [-0.2, 0) is 16.8 Å². The first kappa shape index (κ1) is 18.0. The van der Waals surface area contributed by atoms with Gasteiger partial charge in [0.2, 0.25) is 5.91 Å². The van der Waals surface area contributed by atoms with Gasteiger partial charge in [0.1, 0.15) is 0 Å². The van der Waals surface area contributed by atoms with Crippen LogP contribution < -0.4 is 5.56 Å². The molecule has 1 N–H and O–H groups in total. The van der Waals surface area contributed by atoms with Crippen LogP contribution in [0, 0.1) is 5.92 Å². The van der Waals surface area contributed by atoms with Gasteiger partial charge in [0, 0.05) is 36.9 Å². The zero-order valence-corrected chi connectivity index (χ0v) is 15.0. The second-order valence-corrected chi connectivity index (χ2v) is 7.76. The van der Waals surface area contributed by atoms with E-state index in [4.69, 9.17) is 5.11 Å². The van der Waals surface area contributed by atoms with E-state index >= 15 is 0 Å². The minimum absolute atomic E-state index is 0.00787. The first-order valence-electron chi connectivity index (χ1n) is 7.92. The van der Waals surface area contributed by atoms with Crippen LogP contribution in [-0.4, -0.2) is 50.9 Å². The van der Waals surface area contributed by atoms with Crippen LogP contribution in [0.3, 0.4) is 0 Å². The van der Waals surface area contributed by atoms with Crippen molar-refractivity contribution in [3.8, 4) is 0 Å². The highest BCUT2D eigenvalue weighted by Crippen LogP contribution is 2.28. The molecule has 23 heavy (non-hydrogen) atoms. The summed E-state index contributed by atoms with van der Waals surface area (Å²) in [6, 6.07) is 1.57. The molecule has 6 nitrogen and oxygen atoms in total. The Balaban J connectivity index is 2.25. The van der Waals surface area contributed by atoms with Crippen molar-refractivity contribution >= 4 is 17.7 Å². The molecule has 0 spiro atoms. The van der Waals surface area contributed by atoms with E-state index < -0.39 is 0 Å². The van der Waals surface area contributed by atoms with Crippen LogP contribution in [0.5, 0.6) is 0 Å². The number of aromatic nitrogens is 2. The predicted octanol–water partition coefficient (Wildman–Crippen LogP) is 1.10. The van der Waals surface area contributed by atoms with Gasteiger partial charge in [0.25, 0.3) is 5.56 Å². The van der Waals surface area contributed by atoms with Gasteiger partial charge in [0.05, 0.1) is 18.2 Å². The van der Waals surface area contributed by atoms with Crippen molar-refractivity contribution < 1.29 is 9.90 Å². The maximum atomic E-state index is 12.5. The molecule has 2 heterocycles. The van der Waals surface area contributed by atoms with Gasteiger partial charge in [-0.3, -0.25) is 14.2 Å². The Hall–Kier alpha value is -1.34.